The molecule has 0 heterocycles. The molecular weight excluding hydrogens is 91.1 g/mol. The molecule has 32 valence electrons. The Labute approximate surface area is 35.5 Å². The van der Waals surface area contributed by atoms with E-state index in [9.17, 15) is 4.39 Å². The zero-order chi connectivity index (χ0) is 4.12. The zero-order valence-electron chi connectivity index (χ0n) is 2.65. The van der Waals surface area contributed by atoms with E-state index in [4.69, 9.17) is 0 Å². The quantitative estimate of drug-likeness (QED) is 0.395. The lowest BCUT2D eigenvalue weighted by molar-refractivity contribution is 0.0932. The van der Waals surface area contributed by atoms with E-state index in [-0.39, 0.29) is 5.94 Å². The van der Waals surface area contributed by atoms with E-state index < -0.39 is 6.86 Å². The van der Waals surface area contributed by atoms with Crippen molar-refractivity contribution in [3.05, 3.63) is 0 Å². The van der Waals surface area contributed by atoms with Gasteiger partial charge in [-0.15, -0.1) is 0 Å². The fraction of sp³-hybridized carbons (Fsp3) is 1.00. The summed E-state index contributed by atoms with van der Waals surface area (Å²) in [6, 6.07) is 0. The lowest BCUT2D eigenvalue weighted by Crippen LogP contribution is -1.79. The van der Waals surface area contributed by atoms with Crippen molar-refractivity contribution in [3.8, 4) is 0 Å². The molecule has 0 aromatic heterocycles. The molecule has 0 aliphatic carbocycles. The lowest BCUT2D eigenvalue weighted by Gasteiger charge is -1.82. The maximum absolute atomic E-state index is 10.7. The van der Waals surface area contributed by atoms with E-state index in [0.29, 0.717) is 0 Å². The Morgan fingerprint density at radius 1 is 1.80 bits per heavy atom. The highest BCUT2D eigenvalue weighted by atomic mass is 32.1. The van der Waals surface area contributed by atoms with E-state index in [1.165, 1.54) is 0 Å². The Morgan fingerprint density at radius 3 is 2.40 bits per heavy atom. The van der Waals surface area contributed by atoms with Crippen molar-refractivity contribution in [1.82, 2.24) is 0 Å². The largest absolute Gasteiger partial charge is 0.340 e. The van der Waals surface area contributed by atoms with Crippen LogP contribution in [-0.4, -0.2) is 12.8 Å². The van der Waals surface area contributed by atoms with Gasteiger partial charge in [0.25, 0.3) is 0 Å². The summed E-state index contributed by atoms with van der Waals surface area (Å²) in [4.78, 5) is 0. The predicted octanol–water partition coefficient (Wildman–Crippen LogP) is 0.817. The maximum Gasteiger partial charge on any atom is 0.189 e. The van der Waals surface area contributed by atoms with Crippen LogP contribution in [0.25, 0.3) is 0 Å². The molecular formula is C2H5FOS. The third-order valence-corrected chi connectivity index (χ3v) is 0.351. The highest BCUT2D eigenvalue weighted by Crippen LogP contribution is 1.74. The van der Waals surface area contributed by atoms with E-state index in [0.717, 1.165) is 0 Å². The van der Waals surface area contributed by atoms with Gasteiger partial charge in [0.1, 0.15) is 0 Å². The first-order valence-corrected chi connectivity index (χ1v) is 1.79. The number of halogens is 1. The minimum absolute atomic E-state index is 0.163. The van der Waals surface area contributed by atoms with Crippen LogP contribution in [0.1, 0.15) is 0 Å². The lowest BCUT2D eigenvalue weighted by atomic mass is 11.5. The van der Waals surface area contributed by atoms with Gasteiger partial charge in [0.15, 0.2) is 6.86 Å². The number of ether oxygens (including phenoxy) is 1. The second kappa shape index (κ2) is 4.24. The number of hydrogen-bond donors (Lipinski definition) is 1. The van der Waals surface area contributed by atoms with Crippen molar-refractivity contribution in [2.75, 3.05) is 12.8 Å². The van der Waals surface area contributed by atoms with Crippen LogP contribution in [0.2, 0.25) is 0 Å². The molecule has 0 fully saturated rings. The standard InChI is InChI=1S/C2H5FOS/c3-1-4-2-5/h5H,1-2H2. The van der Waals surface area contributed by atoms with Gasteiger partial charge in [-0.2, -0.15) is 12.6 Å². The van der Waals surface area contributed by atoms with Gasteiger partial charge < -0.3 is 4.74 Å². The molecule has 0 atom stereocenters. The summed E-state index contributed by atoms with van der Waals surface area (Å²) in [5, 5.41) is 0. The van der Waals surface area contributed by atoms with Gasteiger partial charge in [-0.1, -0.05) is 0 Å². The van der Waals surface area contributed by atoms with E-state index in [1.54, 1.807) is 0 Å². The molecule has 5 heavy (non-hydrogen) atoms. The van der Waals surface area contributed by atoms with Crippen LogP contribution in [0.15, 0.2) is 0 Å². The van der Waals surface area contributed by atoms with Gasteiger partial charge in [-0.25, -0.2) is 4.39 Å². The van der Waals surface area contributed by atoms with Crippen molar-refractivity contribution in [1.29, 1.82) is 0 Å². The molecule has 0 saturated carbocycles. The Kier molecular flexibility index (Phi) is 4.44. The third-order valence-electron chi connectivity index (χ3n) is 0.168. The molecule has 0 radical (unpaired) electrons. The van der Waals surface area contributed by atoms with Gasteiger partial charge in [0.05, 0.1) is 5.94 Å². The first-order chi connectivity index (χ1) is 2.41. The van der Waals surface area contributed by atoms with Crippen LogP contribution in [0.3, 0.4) is 0 Å². The van der Waals surface area contributed by atoms with Crippen LogP contribution in [0.4, 0.5) is 4.39 Å². The number of thiol groups is 1. The SMILES string of the molecule is FCOCS. The van der Waals surface area contributed by atoms with E-state index >= 15 is 0 Å². The highest BCUT2D eigenvalue weighted by molar-refractivity contribution is 7.80. The summed E-state index contributed by atoms with van der Waals surface area (Å²) in [6.45, 7) is -0.733. The van der Waals surface area contributed by atoms with Crippen LogP contribution < -0.4 is 0 Å². The first kappa shape index (κ1) is 5.24. The average molecular weight is 96.1 g/mol. The summed E-state index contributed by atoms with van der Waals surface area (Å²) >= 11 is 3.54. The van der Waals surface area contributed by atoms with Crippen LogP contribution >= 0.6 is 12.6 Å². The molecule has 0 N–H and O–H groups in total. The summed E-state index contributed by atoms with van der Waals surface area (Å²) in [6.07, 6.45) is 0. The zero-order valence-corrected chi connectivity index (χ0v) is 3.54. The number of rotatable bonds is 2. The minimum Gasteiger partial charge on any atom is -0.340 e. The molecule has 3 heteroatoms. The van der Waals surface area contributed by atoms with Gasteiger partial charge in [-0.3, -0.25) is 0 Å². The summed E-state index contributed by atoms with van der Waals surface area (Å²) in [5.74, 6) is 0.163. The van der Waals surface area contributed by atoms with Crippen LogP contribution in [-0.2, 0) is 4.74 Å². The van der Waals surface area contributed by atoms with Gasteiger partial charge >= 0.3 is 0 Å². The maximum atomic E-state index is 10.7. The molecule has 0 aromatic carbocycles. The molecule has 0 saturated heterocycles. The molecule has 0 bridgehead atoms. The van der Waals surface area contributed by atoms with Gasteiger partial charge in [-0.05, 0) is 0 Å². The minimum atomic E-state index is -0.733. The average Bonchev–Trinajstić information content (AvgIpc) is 1.41. The van der Waals surface area contributed by atoms with Gasteiger partial charge in [0, 0.05) is 0 Å². The van der Waals surface area contributed by atoms with Crippen molar-refractivity contribution >= 4 is 12.6 Å². The predicted molar refractivity (Wildman–Crippen MR) is 20.9 cm³/mol. The Morgan fingerprint density at radius 2 is 2.40 bits per heavy atom. The normalized spacial score (nSPS) is 8.40. The second-order valence-electron chi connectivity index (χ2n) is 0.442. The molecule has 0 unspecified atom stereocenters. The molecule has 0 rings (SSSR count). The Balaban J connectivity index is 2.19. The van der Waals surface area contributed by atoms with E-state index in [1.807, 2.05) is 0 Å². The monoisotopic (exact) mass is 96.0 g/mol. The first-order valence-electron chi connectivity index (χ1n) is 1.16. The van der Waals surface area contributed by atoms with E-state index in [2.05, 4.69) is 17.4 Å². The number of alkyl halides is 1. The van der Waals surface area contributed by atoms with Crippen molar-refractivity contribution in [3.63, 3.8) is 0 Å². The molecule has 0 amide bonds. The molecule has 1 nitrogen and oxygen atoms in total. The molecule has 0 aliphatic rings. The van der Waals surface area contributed by atoms with Crippen LogP contribution in [0, 0.1) is 0 Å². The molecule has 0 aliphatic heterocycles. The summed E-state index contributed by atoms with van der Waals surface area (Å²) in [5.41, 5.74) is 0. The second-order valence-corrected chi connectivity index (χ2v) is 0.701. The van der Waals surface area contributed by atoms with Crippen molar-refractivity contribution < 1.29 is 9.13 Å². The fourth-order valence-corrected chi connectivity index (χ4v) is 0.104. The summed E-state index contributed by atoms with van der Waals surface area (Å²) < 4.78 is 14.8. The topological polar surface area (TPSA) is 9.23 Å². The van der Waals surface area contributed by atoms with Crippen molar-refractivity contribution in [2.24, 2.45) is 0 Å². The highest BCUT2D eigenvalue weighted by Gasteiger charge is 1.68. The smallest absolute Gasteiger partial charge is 0.189 e. The fourth-order valence-electron chi connectivity index (χ4n) is 0.0345. The number of hydrogen-bond acceptors (Lipinski definition) is 2. The third kappa shape index (κ3) is 4.24. The van der Waals surface area contributed by atoms with Gasteiger partial charge in [0.2, 0.25) is 0 Å². The summed E-state index contributed by atoms with van der Waals surface area (Å²) in [7, 11) is 0. The Bertz CT molecular complexity index is 17.1. The molecule has 0 aromatic rings. The van der Waals surface area contributed by atoms with Crippen LogP contribution in [0.5, 0.6) is 0 Å². The molecule has 0 spiro atoms. The Hall–Kier alpha value is 0.240. The van der Waals surface area contributed by atoms with Crippen molar-refractivity contribution in [2.45, 2.75) is 0 Å².